The van der Waals surface area contributed by atoms with Crippen LogP contribution in [-0.4, -0.2) is 28.4 Å². The first kappa shape index (κ1) is 24.0. The Morgan fingerprint density at radius 3 is 1.94 bits per heavy atom. The van der Waals surface area contributed by atoms with Gasteiger partial charge in [-0.3, -0.25) is 19.6 Å². The number of hydrogen-bond acceptors (Lipinski definition) is 7. The van der Waals surface area contributed by atoms with Crippen LogP contribution in [-0.2, 0) is 20.0 Å². The minimum absolute atomic E-state index is 0.0779. The third kappa shape index (κ3) is 5.79. The van der Waals surface area contributed by atoms with E-state index in [4.69, 9.17) is 4.74 Å². The van der Waals surface area contributed by atoms with Crippen molar-refractivity contribution in [3.05, 3.63) is 82.4 Å². The van der Waals surface area contributed by atoms with Gasteiger partial charge >= 0.3 is 0 Å². The number of nitrogens with one attached hydrogen (secondary N) is 2. The van der Waals surface area contributed by atoms with Gasteiger partial charge in [0.05, 0.1) is 21.3 Å². The molecule has 33 heavy (non-hydrogen) atoms. The van der Waals surface area contributed by atoms with Crippen molar-refractivity contribution < 1.29 is 26.5 Å². The van der Waals surface area contributed by atoms with Crippen molar-refractivity contribution in [1.82, 2.24) is 0 Å². The highest BCUT2D eigenvalue weighted by molar-refractivity contribution is 7.93. The molecule has 3 rings (SSSR count). The molecule has 0 atom stereocenters. The summed E-state index contributed by atoms with van der Waals surface area (Å²) in [6.07, 6.45) is 0. The molecule has 3 aromatic rings. The van der Waals surface area contributed by atoms with E-state index in [1.807, 2.05) is 6.92 Å². The van der Waals surface area contributed by atoms with E-state index in [2.05, 4.69) is 9.44 Å². The van der Waals surface area contributed by atoms with Crippen LogP contribution in [0, 0.1) is 17.0 Å². The van der Waals surface area contributed by atoms with Crippen LogP contribution < -0.4 is 14.2 Å². The first-order chi connectivity index (χ1) is 15.5. The molecule has 0 bridgehead atoms. The van der Waals surface area contributed by atoms with Gasteiger partial charge in [-0.05, 0) is 67.9 Å². The standard InChI is InChI=1S/C21H21N3O7S2/c1-3-31-19-10-5-16(6-11-19)22-32(27,28)20-12-7-17(8-13-20)23-33(29,30)21-14-18(24(25)26)9-4-15(21)2/h4-14,22-23H,3H2,1-2H3. The number of aryl methyl sites for hydroxylation is 1. The van der Waals surface area contributed by atoms with Crippen molar-refractivity contribution in [2.45, 2.75) is 23.6 Å². The van der Waals surface area contributed by atoms with Crippen molar-refractivity contribution in [2.24, 2.45) is 0 Å². The molecule has 0 aliphatic heterocycles. The van der Waals surface area contributed by atoms with E-state index in [1.54, 1.807) is 24.3 Å². The zero-order chi connectivity index (χ0) is 24.2. The van der Waals surface area contributed by atoms with E-state index in [1.165, 1.54) is 43.3 Å². The van der Waals surface area contributed by atoms with Crippen LogP contribution in [0.4, 0.5) is 17.1 Å². The van der Waals surface area contributed by atoms with Gasteiger partial charge in [0.15, 0.2) is 0 Å². The van der Waals surface area contributed by atoms with Crippen LogP contribution in [0.25, 0.3) is 0 Å². The van der Waals surface area contributed by atoms with Gasteiger partial charge in [0.1, 0.15) is 5.75 Å². The lowest BCUT2D eigenvalue weighted by Gasteiger charge is -2.12. The smallest absolute Gasteiger partial charge is 0.270 e. The lowest BCUT2D eigenvalue weighted by molar-refractivity contribution is -0.385. The quantitative estimate of drug-likeness (QED) is 0.341. The number of nitro groups is 1. The Morgan fingerprint density at radius 2 is 1.39 bits per heavy atom. The molecule has 174 valence electrons. The van der Waals surface area contributed by atoms with Crippen LogP contribution >= 0.6 is 0 Å². The van der Waals surface area contributed by atoms with E-state index in [0.717, 1.165) is 6.07 Å². The molecular formula is C21H21N3O7S2. The van der Waals surface area contributed by atoms with Gasteiger partial charge in [0, 0.05) is 23.5 Å². The Bertz CT molecular complexity index is 1370. The van der Waals surface area contributed by atoms with Gasteiger partial charge in [0.25, 0.3) is 25.7 Å². The monoisotopic (exact) mass is 491 g/mol. The van der Waals surface area contributed by atoms with E-state index in [0.29, 0.717) is 23.6 Å². The van der Waals surface area contributed by atoms with Crippen molar-refractivity contribution in [1.29, 1.82) is 0 Å². The molecule has 0 fully saturated rings. The highest BCUT2D eigenvalue weighted by atomic mass is 32.2. The maximum Gasteiger partial charge on any atom is 0.270 e. The summed E-state index contributed by atoms with van der Waals surface area (Å²) in [6, 6.07) is 15.0. The van der Waals surface area contributed by atoms with E-state index in [9.17, 15) is 26.9 Å². The zero-order valence-electron chi connectivity index (χ0n) is 17.7. The summed E-state index contributed by atoms with van der Waals surface area (Å²) < 4.78 is 60.8. The molecule has 0 amide bonds. The number of rotatable bonds is 9. The molecule has 3 aromatic carbocycles. The molecule has 0 aliphatic carbocycles. The van der Waals surface area contributed by atoms with Gasteiger partial charge in [-0.1, -0.05) is 6.07 Å². The topological polar surface area (TPSA) is 145 Å². The zero-order valence-corrected chi connectivity index (χ0v) is 19.3. The lowest BCUT2D eigenvalue weighted by Crippen LogP contribution is -2.15. The second kappa shape index (κ2) is 9.46. The van der Waals surface area contributed by atoms with Crippen LogP contribution in [0.1, 0.15) is 12.5 Å². The largest absolute Gasteiger partial charge is 0.494 e. The number of hydrogen-bond donors (Lipinski definition) is 2. The first-order valence-electron chi connectivity index (χ1n) is 9.65. The number of anilines is 2. The molecule has 0 spiro atoms. The predicted molar refractivity (Wildman–Crippen MR) is 124 cm³/mol. The Labute approximate surface area is 191 Å². The molecule has 12 heteroatoms. The summed E-state index contributed by atoms with van der Waals surface area (Å²) in [5.74, 6) is 0.607. The van der Waals surface area contributed by atoms with Gasteiger partial charge in [-0.25, -0.2) is 16.8 Å². The molecule has 2 N–H and O–H groups in total. The van der Waals surface area contributed by atoms with Gasteiger partial charge < -0.3 is 4.74 Å². The Hall–Kier alpha value is -3.64. The minimum atomic E-state index is -4.14. The summed E-state index contributed by atoms with van der Waals surface area (Å²) in [7, 11) is -8.05. The second-order valence-corrected chi connectivity index (χ2v) is 10.2. The first-order valence-corrected chi connectivity index (χ1v) is 12.6. The lowest BCUT2D eigenvalue weighted by atomic mass is 10.2. The highest BCUT2D eigenvalue weighted by Crippen LogP contribution is 2.25. The maximum absolute atomic E-state index is 12.7. The third-order valence-electron chi connectivity index (χ3n) is 4.51. The Morgan fingerprint density at radius 1 is 0.848 bits per heavy atom. The molecule has 0 aliphatic rings. The highest BCUT2D eigenvalue weighted by Gasteiger charge is 2.21. The van der Waals surface area contributed by atoms with Crippen LogP contribution in [0.15, 0.2) is 76.5 Å². The molecule has 0 unspecified atom stereocenters. The van der Waals surface area contributed by atoms with E-state index in [-0.39, 0.29) is 21.2 Å². The molecule has 0 heterocycles. The summed E-state index contributed by atoms with van der Waals surface area (Å²) in [5.41, 5.74) is 0.403. The molecule has 10 nitrogen and oxygen atoms in total. The van der Waals surface area contributed by atoms with Gasteiger partial charge in [-0.15, -0.1) is 0 Å². The van der Waals surface area contributed by atoms with E-state index < -0.39 is 25.0 Å². The normalized spacial score (nSPS) is 11.6. The second-order valence-electron chi connectivity index (χ2n) is 6.90. The number of nitrogens with zero attached hydrogens (tertiary/aromatic N) is 1. The fourth-order valence-electron chi connectivity index (χ4n) is 2.90. The van der Waals surface area contributed by atoms with Crippen LogP contribution in [0.5, 0.6) is 5.75 Å². The van der Waals surface area contributed by atoms with Crippen molar-refractivity contribution in [3.8, 4) is 5.75 Å². The predicted octanol–water partition coefficient (Wildman–Crippen LogP) is 3.90. The van der Waals surface area contributed by atoms with Gasteiger partial charge in [0.2, 0.25) is 0 Å². The van der Waals surface area contributed by atoms with Crippen molar-refractivity contribution in [3.63, 3.8) is 0 Å². The summed E-state index contributed by atoms with van der Waals surface area (Å²) in [5, 5.41) is 11.0. The maximum atomic E-state index is 12.7. The Balaban J connectivity index is 1.78. The average molecular weight is 492 g/mol. The summed E-state index contributed by atoms with van der Waals surface area (Å²) >= 11 is 0. The molecule has 0 aromatic heterocycles. The van der Waals surface area contributed by atoms with Crippen LogP contribution in [0.2, 0.25) is 0 Å². The fraction of sp³-hybridized carbons (Fsp3) is 0.143. The van der Waals surface area contributed by atoms with Crippen molar-refractivity contribution >= 4 is 37.1 Å². The molecule has 0 saturated heterocycles. The summed E-state index contributed by atoms with van der Waals surface area (Å²) in [6.45, 7) is 3.84. The van der Waals surface area contributed by atoms with Crippen LogP contribution in [0.3, 0.4) is 0 Å². The van der Waals surface area contributed by atoms with Crippen molar-refractivity contribution in [2.75, 3.05) is 16.1 Å². The third-order valence-corrected chi connectivity index (χ3v) is 7.43. The Kier molecular flexibility index (Phi) is 6.89. The SMILES string of the molecule is CCOc1ccc(NS(=O)(=O)c2ccc(NS(=O)(=O)c3cc([N+](=O)[O-])ccc3C)cc2)cc1. The summed E-state index contributed by atoms with van der Waals surface area (Å²) in [4.78, 5) is 9.97. The van der Waals surface area contributed by atoms with Gasteiger partial charge in [-0.2, -0.15) is 0 Å². The molecule has 0 saturated carbocycles. The fourth-order valence-corrected chi connectivity index (χ4v) is 5.29. The number of ether oxygens (including phenoxy) is 1. The number of nitro benzene ring substituents is 1. The molecular weight excluding hydrogens is 470 g/mol. The average Bonchev–Trinajstić information content (AvgIpc) is 2.75. The minimum Gasteiger partial charge on any atom is -0.494 e. The molecule has 0 radical (unpaired) electrons. The number of non-ortho nitro benzene ring substituents is 1. The number of benzene rings is 3. The van der Waals surface area contributed by atoms with E-state index >= 15 is 0 Å². The number of sulfonamides is 2.